The van der Waals surface area contributed by atoms with Crippen LogP contribution in [0.25, 0.3) is 0 Å². The lowest BCUT2D eigenvalue weighted by atomic mass is 9.84. The molecule has 0 bridgehead atoms. The van der Waals surface area contributed by atoms with Crippen LogP contribution >= 0.6 is 0 Å². The van der Waals surface area contributed by atoms with E-state index in [4.69, 9.17) is 72.3 Å². The van der Waals surface area contributed by atoms with Gasteiger partial charge in [-0.3, -0.25) is 0 Å². The Morgan fingerprint density at radius 1 is 0.323 bits per heavy atom. The van der Waals surface area contributed by atoms with Gasteiger partial charge >= 0.3 is 0 Å². The summed E-state index contributed by atoms with van der Waals surface area (Å²) in [7, 11) is 0. The fourth-order valence-electron chi connectivity index (χ4n) is 8.27. The molecule has 0 radical (unpaired) electrons. The van der Waals surface area contributed by atoms with Crippen molar-refractivity contribution in [1.82, 2.24) is 0 Å². The molecule has 4 heterocycles. The summed E-state index contributed by atoms with van der Waals surface area (Å²) < 4.78 is 44.3. The zero-order valence-electron chi connectivity index (χ0n) is 33.4. The molecule has 10 unspecified atom stereocenters. The third-order valence-corrected chi connectivity index (χ3v) is 12.1. The highest BCUT2D eigenvalue weighted by atomic mass is 16.7. The van der Waals surface area contributed by atoms with E-state index in [9.17, 15) is 71.5 Å². The number of aliphatic hydroxyl groups excluding tert-OH is 14. The van der Waals surface area contributed by atoms with E-state index in [1.165, 1.54) is 0 Å². The second-order valence-electron chi connectivity index (χ2n) is 16.5. The molecule has 0 spiro atoms. The zero-order chi connectivity index (χ0) is 46.1. The van der Waals surface area contributed by atoms with E-state index >= 15 is 0 Å². The van der Waals surface area contributed by atoms with Gasteiger partial charge in [-0.05, 0) is 12.8 Å². The Hall–Kier alpha value is -1.12. The number of rotatable bonds is 12. The minimum absolute atomic E-state index is 0.123. The van der Waals surface area contributed by atoms with Crippen LogP contribution in [0.2, 0.25) is 0 Å². The first-order valence-electron chi connectivity index (χ1n) is 20.2. The monoisotopic (exact) mass is 910 g/mol. The molecule has 0 amide bonds. The van der Waals surface area contributed by atoms with Crippen LogP contribution in [-0.2, 0) is 37.9 Å². The summed E-state index contributed by atoms with van der Waals surface area (Å²) in [6.07, 6.45) is -28.7. The number of ether oxygens (including phenoxy) is 8. The van der Waals surface area contributed by atoms with Crippen LogP contribution in [0.3, 0.4) is 0 Å². The summed E-state index contributed by atoms with van der Waals surface area (Å²) in [5.41, 5.74) is 36.0. The van der Waals surface area contributed by atoms with Crippen LogP contribution in [0, 0.1) is 0 Å². The highest BCUT2D eigenvalue weighted by molar-refractivity contribution is 5.03. The number of aliphatic hydroxyl groups is 14. The summed E-state index contributed by atoms with van der Waals surface area (Å²) in [6, 6.07) is -5.60. The number of hydrogen-bond donors (Lipinski definition) is 20. The van der Waals surface area contributed by atoms with Crippen molar-refractivity contribution in [2.45, 2.75) is 184 Å². The Labute approximate surface area is 354 Å². The molecule has 28 atom stereocenters. The summed E-state index contributed by atoms with van der Waals surface area (Å²) in [5, 5.41) is 139. The van der Waals surface area contributed by atoms with Gasteiger partial charge < -0.3 is 144 Å². The van der Waals surface area contributed by atoms with Crippen molar-refractivity contribution in [1.29, 1.82) is 0 Å². The first-order chi connectivity index (χ1) is 29.2. The van der Waals surface area contributed by atoms with Crippen LogP contribution in [0.4, 0.5) is 0 Å². The molecule has 28 heteroatoms. The molecule has 28 nitrogen and oxygen atoms in total. The predicted molar refractivity (Wildman–Crippen MR) is 200 cm³/mol. The molecule has 0 aromatic carbocycles. The number of nitrogens with two attached hydrogens (primary N) is 6. The summed E-state index contributed by atoms with van der Waals surface area (Å²) >= 11 is 0. The maximum atomic E-state index is 10.8. The quantitative estimate of drug-likeness (QED) is 0.0864. The molecular weight excluding hydrogens is 844 g/mol. The second kappa shape index (κ2) is 22.1. The molecule has 0 aromatic heterocycles. The SMILES string of the molecule is NC1[C@@H](O[C@@H]2C(N)C[C@@H](N)C(O)[C@H]2O[C@@H]2O[C@H](CO)[C@H](O)C2O)OC(CO)[C@@H](O)[C@@H]1O.NC1[C@@H](O[C@@H]2C(N)C[C@@H](N)C(O[C@@H]3O[C@H](CO)[C@H](O)C3O)[C@H]2O)OC(CO)[C@@H](O)[C@@H]1O. The summed E-state index contributed by atoms with van der Waals surface area (Å²) in [4.78, 5) is 0. The van der Waals surface area contributed by atoms with Crippen molar-refractivity contribution in [2.75, 3.05) is 26.4 Å². The Morgan fingerprint density at radius 2 is 0.613 bits per heavy atom. The van der Waals surface area contributed by atoms with Gasteiger partial charge in [0, 0.05) is 24.2 Å². The molecule has 6 aliphatic rings. The maximum absolute atomic E-state index is 10.8. The van der Waals surface area contributed by atoms with Crippen molar-refractivity contribution in [3.05, 3.63) is 0 Å². The van der Waals surface area contributed by atoms with E-state index in [1.54, 1.807) is 0 Å². The van der Waals surface area contributed by atoms with Gasteiger partial charge in [0.2, 0.25) is 0 Å². The minimum Gasteiger partial charge on any atom is -0.394 e. The standard InChI is InChI=1S/2C17H33N3O11/c18-4-1-5(19)15(31-17-12(26)10(24)7(3-22)29-17)13(27)14(4)30-16-8(20)11(25)9(23)6(2-21)28-16;18-4-1-5(19)14(30-16-8(20)12(26)10(24)6(2-21)28-16)15(9(4)23)31-17-13(27)11(25)7(3-22)29-17/h2*4-17,21-27H,1-3,18-20H2/t4?,5-,6?,7-,8?,9-,10+,11-,12?,13+,14-,15?,16-,17+;4-,5?,6?,7-,8?,9?,10-,11+,12-,13?,14-,15-,16-,17+/m11/s1. The molecule has 6 rings (SSSR count). The third kappa shape index (κ3) is 10.8. The molecule has 62 heavy (non-hydrogen) atoms. The fourth-order valence-corrected chi connectivity index (χ4v) is 8.27. The minimum atomic E-state index is -1.52. The van der Waals surface area contributed by atoms with E-state index in [0.29, 0.717) is 0 Å². The maximum Gasteiger partial charge on any atom is 0.187 e. The van der Waals surface area contributed by atoms with E-state index in [0.717, 1.165) is 0 Å². The van der Waals surface area contributed by atoms with Crippen molar-refractivity contribution in [3.8, 4) is 0 Å². The highest BCUT2D eigenvalue weighted by Gasteiger charge is 2.54. The van der Waals surface area contributed by atoms with Gasteiger partial charge in [-0.1, -0.05) is 0 Å². The molecular formula is C34H66N6O22. The van der Waals surface area contributed by atoms with Gasteiger partial charge in [-0.15, -0.1) is 0 Å². The fraction of sp³-hybridized carbons (Fsp3) is 1.00. The topological polar surface area (TPSA) is 513 Å². The Balaban J connectivity index is 0.000000234. The summed E-state index contributed by atoms with van der Waals surface area (Å²) in [6.45, 7) is -2.34. The molecule has 26 N–H and O–H groups in total. The van der Waals surface area contributed by atoms with E-state index in [2.05, 4.69) is 0 Å². The normalized spacial score (nSPS) is 53.6. The lowest BCUT2D eigenvalue weighted by molar-refractivity contribution is -0.310. The van der Waals surface area contributed by atoms with E-state index in [-0.39, 0.29) is 12.8 Å². The molecule has 364 valence electrons. The van der Waals surface area contributed by atoms with E-state index < -0.39 is 198 Å². The lowest BCUT2D eigenvalue weighted by Crippen LogP contribution is -2.68. The van der Waals surface area contributed by atoms with Crippen LogP contribution < -0.4 is 34.4 Å². The van der Waals surface area contributed by atoms with Crippen molar-refractivity contribution >= 4 is 0 Å². The average Bonchev–Trinajstić information content (AvgIpc) is 3.68. The first-order valence-corrected chi connectivity index (χ1v) is 20.2. The molecule has 6 fully saturated rings. The van der Waals surface area contributed by atoms with Crippen LogP contribution in [0.1, 0.15) is 12.8 Å². The highest BCUT2D eigenvalue weighted by Crippen LogP contribution is 2.34. The van der Waals surface area contributed by atoms with Gasteiger partial charge in [0.25, 0.3) is 0 Å². The van der Waals surface area contributed by atoms with Crippen LogP contribution in [0.5, 0.6) is 0 Å². The predicted octanol–water partition coefficient (Wildman–Crippen LogP) is -13.2. The molecule has 4 saturated heterocycles. The van der Waals surface area contributed by atoms with Gasteiger partial charge in [-0.25, -0.2) is 0 Å². The van der Waals surface area contributed by atoms with Gasteiger partial charge in [-0.2, -0.15) is 0 Å². The average molecular weight is 911 g/mol. The van der Waals surface area contributed by atoms with Crippen molar-refractivity contribution in [3.63, 3.8) is 0 Å². The number of hydrogen-bond acceptors (Lipinski definition) is 28. The molecule has 2 saturated carbocycles. The zero-order valence-corrected chi connectivity index (χ0v) is 33.4. The van der Waals surface area contributed by atoms with Crippen molar-refractivity contribution < 1.29 is 109 Å². The molecule has 0 aromatic rings. The lowest BCUT2D eigenvalue weighted by Gasteiger charge is -2.47. The van der Waals surface area contributed by atoms with Crippen LogP contribution in [-0.4, -0.2) is 269 Å². The third-order valence-electron chi connectivity index (χ3n) is 12.1. The second-order valence-corrected chi connectivity index (χ2v) is 16.5. The van der Waals surface area contributed by atoms with Gasteiger partial charge in [0.05, 0.1) is 44.6 Å². The van der Waals surface area contributed by atoms with Crippen LogP contribution in [0.15, 0.2) is 0 Å². The van der Waals surface area contributed by atoms with Gasteiger partial charge in [0.15, 0.2) is 25.2 Å². The molecule has 2 aliphatic carbocycles. The Morgan fingerprint density at radius 3 is 1.00 bits per heavy atom. The Kier molecular flexibility index (Phi) is 18.5. The smallest absolute Gasteiger partial charge is 0.187 e. The largest absolute Gasteiger partial charge is 0.394 e. The van der Waals surface area contributed by atoms with E-state index in [1.807, 2.05) is 0 Å². The Bertz CT molecular complexity index is 1380. The van der Waals surface area contributed by atoms with Gasteiger partial charge in [0.1, 0.15) is 104 Å². The molecule has 4 aliphatic heterocycles. The van der Waals surface area contributed by atoms with Crippen molar-refractivity contribution in [2.24, 2.45) is 34.4 Å². The summed E-state index contributed by atoms with van der Waals surface area (Å²) in [5.74, 6) is 0. The first kappa shape index (κ1) is 51.9.